The molecule has 1 aliphatic carbocycles. The second kappa shape index (κ2) is 7.66. The number of benzene rings is 1. The van der Waals surface area contributed by atoms with Crippen molar-refractivity contribution in [1.82, 2.24) is 19.9 Å². The fraction of sp³-hybridized carbons (Fsp3) is 0.238. The summed E-state index contributed by atoms with van der Waals surface area (Å²) in [6.07, 6.45) is 5.55. The lowest BCUT2D eigenvalue weighted by molar-refractivity contribution is -0.124. The van der Waals surface area contributed by atoms with Crippen LogP contribution in [-0.4, -0.2) is 33.0 Å². The summed E-state index contributed by atoms with van der Waals surface area (Å²) in [6, 6.07) is 5.97. The number of hydrogen-bond acceptors (Lipinski definition) is 6. The minimum atomic E-state index is -0.462. The van der Waals surface area contributed by atoms with Crippen LogP contribution in [0.15, 0.2) is 36.0 Å². The van der Waals surface area contributed by atoms with Gasteiger partial charge in [-0.2, -0.15) is 9.61 Å². The Balaban J connectivity index is 1.56. The van der Waals surface area contributed by atoms with Gasteiger partial charge in [0.05, 0.1) is 18.3 Å². The third kappa shape index (κ3) is 4.09. The predicted molar refractivity (Wildman–Crippen MR) is 115 cm³/mol. The number of fused-ring (bicyclic) bond motifs is 1. The maximum atomic E-state index is 14.2. The van der Waals surface area contributed by atoms with Crippen LogP contribution in [0.25, 0.3) is 11.7 Å². The summed E-state index contributed by atoms with van der Waals surface area (Å²) in [4.78, 5) is 28.0. The number of halogens is 2. The van der Waals surface area contributed by atoms with Gasteiger partial charge in [-0.15, -0.1) is 0 Å². The Bertz CT molecular complexity index is 1250. The second-order valence-corrected chi connectivity index (χ2v) is 8.10. The summed E-state index contributed by atoms with van der Waals surface area (Å²) in [5, 5.41) is 13.4. The van der Waals surface area contributed by atoms with E-state index in [-0.39, 0.29) is 18.0 Å². The van der Waals surface area contributed by atoms with E-state index in [1.807, 2.05) is 0 Å². The molecule has 0 radical (unpaired) electrons. The van der Waals surface area contributed by atoms with Crippen LogP contribution in [0.2, 0.25) is 5.02 Å². The van der Waals surface area contributed by atoms with Crippen molar-refractivity contribution in [3.8, 4) is 0 Å². The van der Waals surface area contributed by atoms with Crippen molar-refractivity contribution in [3.05, 3.63) is 52.4 Å². The molecule has 0 unspecified atom stereocenters. The molecule has 31 heavy (non-hydrogen) atoms. The standard InChI is InChI=1S/C21H18ClFN6O2/c22-14-3-4-15(23)16(7-14)26-17-8-18(24-9-11-1-2-11)29-20(27-17)13(10-25-29)5-12-6-19(30)28-21(12)31/h3-5,7-8,10-11,24H,1-2,6,9H2,(H,26,27)(H,28,30,31)/b12-5-. The zero-order chi connectivity index (χ0) is 21.5. The average Bonchev–Trinajstić information content (AvgIpc) is 3.40. The maximum Gasteiger partial charge on any atom is 0.254 e. The molecule has 3 aromatic rings. The topological polar surface area (TPSA) is 100 Å². The first kappa shape index (κ1) is 19.5. The molecule has 1 saturated carbocycles. The first-order valence-electron chi connectivity index (χ1n) is 9.86. The van der Waals surface area contributed by atoms with Gasteiger partial charge in [0.1, 0.15) is 17.5 Å². The fourth-order valence-electron chi connectivity index (χ4n) is 3.38. The Hall–Kier alpha value is -3.46. The summed E-state index contributed by atoms with van der Waals surface area (Å²) in [6.45, 7) is 0.789. The molecule has 1 aliphatic heterocycles. The third-order valence-electron chi connectivity index (χ3n) is 5.18. The van der Waals surface area contributed by atoms with Crippen LogP contribution in [0.5, 0.6) is 0 Å². The summed E-state index contributed by atoms with van der Waals surface area (Å²) in [7, 11) is 0. The van der Waals surface area contributed by atoms with Gasteiger partial charge in [-0.1, -0.05) is 11.6 Å². The summed E-state index contributed by atoms with van der Waals surface area (Å²) in [5.41, 5.74) is 1.57. The molecule has 1 aromatic carbocycles. The Morgan fingerprint density at radius 2 is 2.13 bits per heavy atom. The van der Waals surface area contributed by atoms with Gasteiger partial charge < -0.3 is 10.6 Å². The Morgan fingerprint density at radius 3 is 2.87 bits per heavy atom. The van der Waals surface area contributed by atoms with Gasteiger partial charge in [-0.05, 0) is 43.0 Å². The quantitative estimate of drug-likeness (QED) is 0.400. The van der Waals surface area contributed by atoms with Crippen molar-refractivity contribution in [2.45, 2.75) is 19.3 Å². The number of amides is 2. The van der Waals surface area contributed by atoms with Crippen molar-refractivity contribution >= 4 is 52.5 Å². The molecule has 0 atom stereocenters. The van der Waals surface area contributed by atoms with Crippen molar-refractivity contribution in [1.29, 1.82) is 0 Å². The summed E-state index contributed by atoms with van der Waals surface area (Å²) < 4.78 is 15.9. The number of carbonyl (C=O) groups is 2. The highest BCUT2D eigenvalue weighted by Crippen LogP contribution is 2.30. The van der Waals surface area contributed by atoms with E-state index in [9.17, 15) is 14.0 Å². The van der Waals surface area contributed by atoms with E-state index in [0.717, 1.165) is 6.54 Å². The number of hydrogen-bond donors (Lipinski definition) is 3. The maximum absolute atomic E-state index is 14.2. The molecule has 2 fully saturated rings. The number of nitrogens with one attached hydrogen (secondary N) is 3. The van der Waals surface area contributed by atoms with E-state index < -0.39 is 11.7 Å². The van der Waals surface area contributed by atoms with Gasteiger partial charge in [0.2, 0.25) is 5.91 Å². The Labute approximate surface area is 181 Å². The minimum Gasteiger partial charge on any atom is -0.370 e. The number of carbonyl (C=O) groups excluding carboxylic acids is 2. The molecule has 0 spiro atoms. The van der Waals surface area contributed by atoms with Crippen LogP contribution in [-0.2, 0) is 9.59 Å². The highest BCUT2D eigenvalue weighted by Gasteiger charge is 2.25. The number of imide groups is 1. The van der Waals surface area contributed by atoms with E-state index in [2.05, 4.69) is 26.0 Å². The van der Waals surface area contributed by atoms with E-state index in [1.165, 1.54) is 31.0 Å². The van der Waals surface area contributed by atoms with E-state index in [1.54, 1.807) is 22.9 Å². The smallest absolute Gasteiger partial charge is 0.254 e. The van der Waals surface area contributed by atoms with Crippen LogP contribution in [0.3, 0.4) is 0 Å². The zero-order valence-electron chi connectivity index (χ0n) is 16.3. The van der Waals surface area contributed by atoms with Gasteiger partial charge >= 0.3 is 0 Å². The van der Waals surface area contributed by atoms with Crippen LogP contribution >= 0.6 is 11.6 Å². The van der Waals surface area contributed by atoms with E-state index >= 15 is 0 Å². The molecule has 3 heterocycles. The van der Waals surface area contributed by atoms with Gasteiger partial charge in [0, 0.05) is 28.8 Å². The average molecular weight is 441 g/mol. The number of anilines is 3. The molecule has 3 N–H and O–H groups in total. The molecular formula is C21H18ClFN6O2. The highest BCUT2D eigenvalue weighted by atomic mass is 35.5. The van der Waals surface area contributed by atoms with Gasteiger partial charge in [0.25, 0.3) is 5.91 Å². The van der Waals surface area contributed by atoms with Crippen LogP contribution in [0, 0.1) is 11.7 Å². The monoisotopic (exact) mass is 440 g/mol. The number of nitrogens with zero attached hydrogens (tertiary/aromatic N) is 3. The van der Waals surface area contributed by atoms with Crippen LogP contribution < -0.4 is 16.0 Å². The van der Waals surface area contributed by atoms with E-state index in [4.69, 9.17) is 11.6 Å². The SMILES string of the molecule is O=C1C/C(=C/c2cnn3c(NCC4CC4)cc(Nc4cc(Cl)ccc4F)nc23)C(=O)N1. The number of aromatic nitrogens is 3. The van der Waals surface area contributed by atoms with E-state index in [0.29, 0.717) is 39.4 Å². The third-order valence-corrected chi connectivity index (χ3v) is 5.42. The highest BCUT2D eigenvalue weighted by molar-refractivity contribution is 6.30. The molecule has 2 aromatic heterocycles. The zero-order valence-corrected chi connectivity index (χ0v) is 17.0. The van der Waals surface area contributed by atoms with Gasteiger partial charge in [-0.3, -0.25) is 14.9 Å². The fourth-order valence-corrected chi connectivity index (χ4v) is 3.55. The second-order valence-electron chi connectivity index (χ2n) is 7.66. The normalized spacial score (nSPS) is 17.4. The molecule has 2 amide bonds. The molecule has 10 heteroatoms. The summed E-state index contributed by atoms with van der Waals surface area (Å²) in [5.74, 6) is 0.460. The van der Waals surface area contributed by atoms with Crippen molar-refractivity contribution in [3.63, 3.8) is 0 Å². The largest absolute Gasteiger partial charge is 0.370 e. The lowest BCUT2D eigenvalue weighted by atomic mass is 10.1. The van der Waals surface area contributed by atoms with Gasteiger partial charge in [0.15, 0.2) is 5.65 Å². The van der Waals surface area contributed by atoms with Crippen molar-refractivity contribution in [2.75, 3.05) is 17.2 Å². The Kier molecular flexibility index (Phi) is 4.82. The minimum absolute atomic E-state index is 0.00856. The number of rotatable bonds is 6. The molecule has 0 bridgehead atoms. The first-order valence-corrected chi connectivity index (χ1v) is 10.2. The molecule has 2 aliphatic rings. The molecule has 1 saturated heterocycles. The van der Waals surface area contributed by atoms with Crippen LogP contribution in [0.4, 0.5) is 21.7 Å². The predicted octanol–water partition coefficient (Wildman–Crippen LogP) is 3.52. The lowest BCUT2D eigenvalue weighted by Gasteiger charge is -2.12. The summed E-state index contributed by atoms with van der Waals surface area (Å²) >= 11 is 6.00. The Morgan fingerprint density at radius 1 is 1.29 bits per heavy atom. The van der Waals surface area contributed by atoms with Gasteiger partial charge in [-0.25, -0.2) is 9.37 Å². The van der Waals surface area contributed by atoms with Crippen molar-refractivity contribution < 1.29 is 14.0 Å². The molecule has 158 valence electrons. The molecule has 5 rings (SSSR count). The van der Waals surface area contributed by atoms with Crippen molar-refractivity contribution in [2.24, 2.45) is 5.92 Å². The molecular weight excluding hydrogens is 423 g/mol. The molecule has 8 nitrogen and oxygen atoms in total. The first-order chi connectivity index (χ1) is 15.0. The lowest BCUT2D eigenvalue weighted by Crippen LogP contribution is -2.19. The van der Waals surface area contributed by atoms with Crippen LogP contribution in [0.1, 0.15) is 24.8 Å².